The number of rotatable bonds is 13. The van der Waals surface area contributed by atoms with E-state index < -0.39 is 32.7 Å². The molecule has 0 saturated carbocycles. The third-order valence-corrected chi connectivity index (χ3v) is 11.7. The molecule has 418 valence electrons. The first kappa shape index (κ1) is 62.9. The molecule has 0 aliphatic rings. The SMILES string of the molecule is CC(=O)NCCc1ccc(O)cc1-c1cccc(F)c1.NCCc1ccc(O)cc1-c1cccc(F)c1.O=Cc1ccc(O)cc1-c1cccc(F)c1.O=Cc1ccc(O)cc1O.O=Cc1ccc(O)cc1OS(=O)(=O)C(F)(F)F. The minimum atomic E-state index is -5.87. The Balaban J connectivity index is 0.000000218. The number of benzene rings is 8. The summed E-state index contributed by atoms with van der Waals surface area (Å²) in [4.78, 5) is 42.2. The maximum atomic E-state index is 13.3. The number of hydrogen-bond acceptors (Lipinski definition) is 14. The van der Waals surface area contributed by atoms with E-state index in [0.717, 1.165) is 46.0 Å². The van der Waals surface area contributed by atoms with E-state index in [4.69, 9.17) is 21.1 Å². The van der Waals surface area contributed by atoms with Crippen molar-refractivity contribution < 1.29 is 88.8 Å². The van der Waals surface area contributed by atoms with Crippen molar-refractivity contribution in [1.29, 1.82) is 0 Å². The monoisotopic (exact) mass is 1130 g/mol. The summed E-state index contributed by atoms with van der Waals surface area (Å²) in [5.74, 6) is -2.40. The van der Waals surface area contributed by atoms with Crippen LogP contribution in [0.3, 0.4) is 0 Å². The molecule has 8 aromatic carbocycles. The molecule has 22 heteroatoms. The van der Waals surface area contributed by atoms with Crippen LogP contribution >= 0.6 is 0 Å². The largest absolute Gasteiger partial charge is 0.534 e. The van der Waals surface area contributed by atoms with E-state index in [-0.39, 0.29) is 64.0 Å². The fourth-order valence-corrected chi connectivity index (χ4v) is 7.46. The molecule has 0 spiro atoms. The summed E-state index contributed by atoms with van der Waals surface area (Å²) < 4.78 is 101. The lowest BCUT2D eigenvalue weighted by atomic mass is 9.97. The van der Waals surface area contributed by atoms with Gasteiger partial charge in [0.25, 0.3) is 0 Å². The van der Waals surface area contributed by atoms with Crippen LogP contribution < -0.4 is 15.2 Å². The van der Waals surface area contributed by atoms with Crippen LogP contribution in [0.2, 0.25) is 0 Å². The van der Waals surface area contributed by atoms with Crippen LogP contribution in [0.15, 0.2) is 164 Å². The van der Waals surface area contributed by atoms with Crippen LogP contribution in [0, 0.1) is 17.5 Å². The zero-order valence-electron chi connectivity index (χ0n) is 41.9. The van der Waals surface area contributed by atoms with E-state index in [1.165, 1.54) is 73.7 Å². The molecular formula is C58H50F6N2O13S. The minimum absolute atomic E-state index is 0.0462. The molecule has 15 nitrogen and oxygen atoms in total. The van der Waals surface area contributed by atoms with Crippen LogP contribution in [-0.2, 0) is 27.8 Å². The van der Waals surface area contributed by atoms with Crippen molar-refractivity contribution in [1.82, 2.24) is 5.32 Å². The molecule has 0 unspecified atom stereocenters. The van der Waals surface area contributed by atoms with Gasteiger partial charge in [0.05, 0.1) is 11.1 Å². The second-order valence-electron chi connectivity index (χ2n) is 16.6. The Morgan fingerprint density at radius 2 is 0.912 bits per heavy atom. The lowest BCUT2D eigenvalue weighted by Gasteiger charge is -2.11. The second-order valence-corrected chi connectivity index (χ2v) is 18.1. The van der Waals surface area contributed by atoms with Gasteiger partial charge in [-0.1, -0.05) is 48.5 Å². The van der Waals surface area contributed by atoms with Gasteiger partial charge in [-0.05, 0) is 167 Å². The lowest BCUT2D eigenvalue weighted by molar-refractivity contribution is -0.118. The molecule has 0 aliphatic heterocycles. The van der Waals surface area contributed by atoms with Gasteiger partial charge in [0, 0.05) is 31.2 Å². The Morgan fingerprint density at radius 1 is 0.525 bits per heavy atom. The van der Waals surface area contributed by atoms with Gasteiger partial charge in [0.2, 0.25) is 5.91 Å². The van der Waals surface area contributed by atoms with Crippen molar-refractivity contribution in [3.05, 3.63) is 209 Å². The summed E-state index contributed by atoms with van der Waals surface area (Å²) in [5.41, 5.74) is 6.20. The van der Waals surface area contributed by atoms with Gasteiger partial charge in [-0.2, -0.15) is 21.6 Å². The topological polar surface area (TPSA) is 271 Å². The number of carbonyl (C=O) groups excluding carboxylic acids is 4. The fourth-order valence-electron chi connectivity index (χ4n) is 6.99. The number of halogens is 6. The highest BCUT2D eigenvalue weighted by atomic mass is 32.2. The van der Waals surface area contributed by atoms with Crippen molar-refractivity contribution >= 4 is 34.9 Å². The summed E-state index contributed by atoms with van der Waals surface area (Å²) in [7, 11) is -5.87. The number of amides is 1. The molecule has 0 fully saturated rings. The number of phenolic OH excluding ortho intramolecular Hbond substituents is 6. The van der Waals surface area contributed by atoms with E-state index in [2.05, 4.69) is 9.50 Å². The highest BCUT2D eigenvalue weighted by Crippen LogP contribution is 2.33. The summed E-state index contributed by atoms with van der Waals surface area (Å²) in [5, 5.41) is 57.8. The number of aromatic hydroxyl groups is 6. The number of alkyl halides is 3. The van der Waals surface area contributed by atoms with E-state index in [9.17, 15) is 69.3 Å². The Morgan fingerprint density at radius 3 is 1.32 bits per heavy atom. The molecule has 0 saturated heterocycles. The van der Waals surface area contributed by atoms with E-state index >= 15 is 0 Å². The molecule has 8 aromatic rings. The van der Waals surface area contributed by atoms with Crippen molar-refractivity contribution in [3.8, 4) is 73.6 Å². The van der Waals surface area contributed by atoms with Gasteiger partial charge in [0.1, 0.15) is 51.9 Å². The quantitative estimate of drug-likeness (QED) is 0.0231. The van der Waals surface area contributed by atoms with Crippen LogP contribution in [0.25, 0.3) is 33.4 Å². The molecule has 9 N–H and O–H groups in total. The number of hydrogen-bond donors (Lipinski definition) is 8. The van der Waals surface area contributed by atoms with Gasteiger partial charge in [-0.15, -0.1) is 0 Å². The standard InChI is InChI=1S/C16H16FNO2.C14H14FNO.C13H9FO2.C8H5F3O5S.C7H6O3/c1-11(19)18-8-7-12-5-6-15(20)10-16(12)13-3-2-4-14(17)9-13;15-12-3-1-2-11(8-12)14-9-13(17)5-4-10(14)6-7-16;14-11-3-1-2-9(6-11)13-7-12(16)5-4-10(13)8-15;9-8(10,11)17(14,15)16-7-3-6(13)2-1-5(7)4-12;8-4-5-1-2-6(9)3-7(5)10/h2-6,9-10,20H,7-8H2,1H3,(H,18,19);1-5,8-9,17H,6-7,16H2;1-8,16H;1-4,13H;1-4,9-10H. The number of nitrogens with two attached hydrogens (primary N) is 1. The van der Waals surface area contributed by atoms with Gasteiger partial charge in [-0.3, -0.25) is 19.2 Å². The molecule has 0 aliphatic carbocycles. The third kappa shape index (κ3) is 19.4. The van der Waals surface area contributed by atoms with Crippen molar-refractivity contribution in [2.75, 3.05) is 13.1 Å². The first-order valence-electron chi connectivity index (χ1n) is 23.3. The zero-order chi connectivity index (χ0) is 59.2. The number of phenols is 6. The Bertz CT molecular complexity index is 3540. The zero-order valence-corrected chi connectivity index (χ0v) is 42.8. The van der Waals surface area contributed by atoms with Crippen molar-refractivity contribution in [2.24, 2.45) is 5.73 Å². The summed E-state index contributed by atoms with van der Waals surface area (Å²) in [6, 6.07) is 39.2. The Labute approximate surface area is 454 Å². The minimum Gasteiger partial charge on any atom is -0.508 e. The van der Waals surface area contributed by atoms with Crippen LogP contribution in [0.5, 0.6) is 40.2 Å². The number of aldehydes is 3. The second kappa shape index (κ2) is 29.7. The average Bonchev–Trinajstić information content (AvgIpc) is 3.40. The molecule has 8 rings (SSSR count). The summed E-state index contributed by atoms with van der Waals surface area (Å²) >= 11 is 0. The summed E-state index contributed by atoms with van der Waals surface area (Å²) in [6.45, 7) is 2.49. The van der Waals surface area contributed by atoms with Crippen LogP contribution in [-0.4, -0.2) is 82.4 Å². The lowest BCUT2D eigenvalue weighted by Crippen LogP contribution is -2.28. The van der Waals surface area contributed by atoms with E-state index in [0.29, 0.717) is 66.8 Å². The van der Waals surface area contributed by atoms with Crippen LogP contribution in [0.4, 0.5) is 26.3 Å². The highest BCUT2D eigenvalue weighted by molar-refractivity contribution is 7.88. The third-order valence-electron chi connectivity index (χ3n) is 10.7. The maximum Gasteiger partial charge on any atom is 0.534 e. The molecule has 80 heavy (non-hydrogen) atoms. The van der Waals surface area contributed by atoms with Gasteiger partial charge in [0.15, 0.2) is 24.6 Å². The van der Waals surface area contributed by atoms with Crippen LogP contribution in [0.1, 0.15) is 49.1 Å². The number of nitrogens with one attached hydrogen (secondary N) is 1. The predicted octanol–water partition coefficient (Wildman–Crippen LogP) is 10.9. The highest BCUT2D eigenvalue weighted by Gasteiger charge is 2.48. The fraction of sp³-hybridized carbons (Fsp3) is 0.103. The van der Waals surface area contributed by atoms with Gasteiger partial charge in [-0.25, -0.2) is 13.2 Å². The predicted molar refractivity (Wildman–Crippen MR) is 285 cm³/mol. The Hall–Kier alpha value is -9.67. The Kier molecular flexibility index (Phi) is 23.4. The smallest absolute Gasteiger partial charge is 0.508 e. The van der Waals surface area contributed by atoms with Crippen molar-refractivity contribution in [3.63, 3.8) is 0 Å². The summed E-state index contributed by atoms with van der Waals surface area (Å²) in [6.07, 6.45) is 2.62. The van der Waals surface area contributed by atoms with Gasteiger partial charge < -0.3 is 45.9 Å². The normalized spacial score (nSPS) is 10.6. The van der Waals surface area contributed by atoms with Crippen molar-refractivity contribution in [2.45, 2.75) is 25.3 Å². The molecule has 0 heterocycles. The molecule has 1 amide bonds. The molecule has 0 atom stereocenters. The maximum absolute atomic E-state index is 13.3. The van der Waals surface area contributed by atoms with E-state index in [1.807, 2.05) is 12.1 Å². The first-order chi connectivity index (χ1) is 37.9. The molecule has 0 bridgehead atoms. The first-order valence-corrected chi connectivity index (χ1v) is 24.7. The molecular weight excluding hydrogens is 1080 g/mol. The molecule has 0 aromatic heterocycles. The number of carbonyl (C=O) groups is 4. The average molecular weight is 1130 g/mol. The van der Waals surface area contributed by atoms with E-state index in [1.54, 1.807) is 60.7 Å². The molecule has 0 radical (unpaired) electrons. The van der Waals surface area contributed by atoms with Gasteiger partial charge >= 0.3 is 15.6 Å².